The van der Waals surface area contributed by atoms with Gasteiger partial charge in [0.2, 0.25) is 5.88 Å². The molecule has 0 fully saturated rings. The largest absolute Gasteiger partial charge is 0.477 e. The Kier molecular flexibility index (Phi) is 3.63. The fourth-order valence-corrected chi connectivity index (χ4v) is 2.63. The molecule has 0 saturated heterocycles. The van der Waals surface area contributed by atoms with Gasteiger partial charge in [-0.3, -0.25) is 4.68 Å². The molecule has 8 heteroatoms. The first-order chi connectivity index (χ1) is 10.7. The van der Waals surface area contributed by atoms with Crippen molar-refractivity contribution in [2.24, 2.45) is 0 Å². The van der Waals surface area contributed by atoms with Gasteiger partial charge < -0.3 is 14.9 Å². The van der Waals surface area contributed by atoms with Crippen molar-refractivity contribution in [1.29, 1.82) is 0 Å². The Hall–Kier alpha value is -2.35. The zero-order valence-electron chi connectivity index (χ0n) is 13.4. The van der Waals surface area contributed by atoms with Crippen molar-refractivity contribution in [3.63, 3.8) is 0 Å². The van der Waals surface area contributed by atoms with Crippen LogP contribution in [0.4, 0.5) is 0 Å². The molecule has 0 spiro atoms. The van der Waals surface area contributed by atoms with Crippen molar-refractivity contribution in [1.82, 2.24) is 19.6 Å². The van der Waals surface area contributed by atoms with Gasteiger partial charge in [0.15, 0.2) is 0 Å². The Balaban J connectivity index is 2.02. The number of hydrogen-bond donors (Lipinski definition) is 2. The molecule has 1 aliphatic rings. The van der Waals surface area contributed by atoms with Crippen LogP contribution in [-0.4, -0.2) is 47.4 Å². The van der Waals surface area contributed by atoms with Gasteiger partial charge in [-0.15, -0.1) is 0 Å². The van der Waals surface area contributed by atoms with E-state index in [1.807, 2.05) is 6.92 Å². The maximum Gasteiger partial charge on any atom is 0.343 e. The van der Waals surface area contributed by atoms with Crippen molar-refractivity contribution in [2.75, 3.05) is 0 Å². The molecule has 2 aromatic heterocycles. The molecule has 0 aliphatic carbocycles. The number of aromatic carboxylic acids is 1. The second-order valence-electron chi connectivity index (χ2n) is 6.51. The average Bonchev–Trinajstić information content (AvgIpc) is 2.99. The molecule has 8 nitrogen and oxygen atoms in total. The summed E-state index contributed by atoms with van der Waals surface area (Å²) in [6.07, 6.45) is 3.98. The van der Waals surface area contributed by atoms with Crippen LogP contribution in [0.3, 0.4) is 0 Å². The Labute approximate surface area is 133 Å². The summed E-state index contributed by atoms with van der Waals surface area (Å²) in [5.74, 6) is -0.785. The summed E-state index contributed by atoms with van der Waals surface area (Å²) in [7, 11) is 0. The second-order valence-corrected chi connectivity index (χ2v) is 6.51. The van der Waals surface area contributed by atoms with Crippen LogP contribution in [0, 0.1) is 0 Å². The molecule has 0 amide bonds. The van der Waals surface area contributed by atoms with Gasteiger partial charge in [0.25, 0.3) is 0 Å². The molecule has 0 radical (unpaired) electrons. The fourth-order valence-electron chi connectivity index (χ4n) is 2.63. The van der Waals surface area contributed by atoms with E-state index in [9.17, 15) is 15.0 Å². The molecular formula is C15H20N4O4. The maximum atomic E-state index is 11.7. The summed E-state index contributed by atoms with van der Waals surface area (Å²) in [5.41, 5.74) is 0.0676. The Bertz CT molecular complexity index is 741. The highest BCUT2D eigenvalue weighted by atomic mass is 16.5. The predicted octanol–water partition coefficient (Wildman–Crippen LogP) is 1.39. The number of carboxylic acid groups (broad SMARTS) is 1. The van der Waals surface area contributed by atoms with Crippen LogP contribution in [-0.2, 0) is 13.1 Å². The number of aromatic nitrogens is 4. The van der Waals surface area contributed by atoms with Gasteiger partial charge in [0.1, 0.15) is 11.3 Å². The molecule has 1 aliphatic heterocycles. The normalized spacial score (nSPS) is 17.7. The highest BCUT2D eigenvalue weighted by molar-refractivity contribution is 5.97. The van der Waals surface area contributed by atoms with Crippen LogP contribution in [0.2, 0.25) is 0 Å². The number of fused-ring (bicyclic) bond motifs is 1. The SMILES string of the molecule is C[C@@H]1CCn2nc(-c3cnn(CC(C)(C)O)c3)c(C(=O)O)c2O1. The van der Waals surface area contributed by atoms with E-state index in [-0.39, 0.29) is 11.7 Å². The Morgan fingerprint density at radius 3 is 2.91 bits per heavy atom. The minimum atomic E-state index is -1.08. The predicted molar refractivity (Wildman–Crippen MR) is 81.4 cm³/mol. The Morgan fingerprint density at radius 1 is 1.52 bits per heavy atom. The average molecular weight is 320 g/mol. The summed E-state index contributed by atoms with van der Waals surface area (Å²) in [6.45, 7) is 6.19. The van der Waals surface area contributed by atoms with E-state index >= 15 is 0 Å². The minimum Gasteiger partial charge on any atom is -0.477 e. The molecule has 0 unspecified atom stereocenters. The standard InChI is InChI=1S/C15H20N4O4/c1-9-4-5-19-13(23-9)11(14(20)21)12(17-19)10-6-16-18(7-10)8-15(2,3)22/h6-7,9,22H,4-5,8H2,1-3H3,(H,20,21)/t9-/m1/s1. The van der Waals surface area contributed by atoms with Gasteiger partial charge >= 0.3 is 5.97 Å². The van der Waals surface area contributed by atoms with Gasteiger partial charge in [-0.1, -0.05) is 0 Å². The van der Waals surface area contributed by atoms with Crippen molar-refractivity contribution in [2.45, 2.75) is 52.0 Å². The first kappa shape index (κ1) is 15.5. The van der Waals surface area contributed by atoms with E-state index in [4.69, 9.17) is 4.74 Å². The van der Waals surface area contributed by atoms with E-state index in [1.54, 1.807) is 35.6 Å². The lowest BCUT2D eigenvalue weighted by atomic mass is 10.1. The number of rotatable bonds is 4. The number of carboxylic acids is 1. The zero-order valence-corrected chi connectivity index (χ0v) is 13.4. The molecule has 0 aromatic carbocycles. The number of hydrogen-bond acceptors (Lipinski definition) is 5. The smallest absolute Gasteiger partial charge is 0.343 e. The number of ether oxygens (including phenoxy) is 1. The van der Waals surface area contributed by atoms with E-state index in [0.29, 0.717) is 30.2 Å². The molecule has 2 N–H and O–H groups in total. The highest BCUT2D eigenvalue weighted by Crippen LogP contribution is 2.33. The Morgan fingerprint density at radius 2 is 2.26 bits per heavy atom. The molecule has 0 bridgehead atoms. The van der Waals surface area contributed by atoms with Gasteiger partial charge in [-0.25, -0.2) is 9.48 Å². The van der Waals surface area contributed by atoms with Crippen LogP contribution in [0.5, 0.6) is 5.88 Å². The van der Waals surface area contributed by atoms with Crippen molar-refractivity contribution in [3.05, 3.63) is 18.0 Å². The molecule has 1 atom stereocenters. The van der Waals surface area contributed by atoms with E-state index < -0.39 is 11.6 Å². The van der Waals surface area contributed by atoms with E-state index in [0.717, 1.165) is 6.42 Å². The van der Waals surface area contributed by atoms with Crippen LogP contribution < -0.4 is 4.74 Å². The molecule has 3 rings (SSSR count). The quantitative estimate of drug-likeness (QED) is 0.882. The number of carbonyl (C=O) groups is 1. The summed E-state index contributed by atoms with van der Waals surface area (Å²) >= 11 is 0. The highest BCUT2D eigenvalue weighted by Gasteiger charge is 2.30. The van der Waals surface area contributed by atoms with Crippen LogP contribution in [0.1, 0.15) is 37.6 Å². The minimum absolute atomic E-state index is 0.0388. The first-order valence-electron chi connectivity index (χ1n) is 7.50. The molecule has 0 saturated carbocycles. The summed E-state index contributed by atoms with van der Waals surface area (Å²) in [4.78, 5) is 11.7. The molecule has 2 aromatic rings. The van der Waals surface area contributed by atoms with Gasteiger partial charge in [0.05, 0.1) is 24.4 Å². The van der Waals surface area contributed by atoms with Gasteiger partial charge in [-0.2, -0.15) is 10.2 Å². The lowest BCUT2D eigenvalue weighted by Gasteiger charge is -2.21. The summed E-state index contributed by atoms with van der Waals surface area (Å²) in [5, 5.41) is 28.0. The third-order valence-electron chi connectivity index (χ3n) is 3.64. The molecular weight excluding hydrogens is 300 g/mol. The van der Waals surface area contributed by atoms with Crippen molar-refractivity contribution < 1.29 is 19.7 Å². The van der Waals surface area contributed by atoms with Crippen LogP contribution in [0.25, 0.3) is 11.3 Å². The maximum absolute atomic E-state index is 11.7. The van der Waals surface area contributed by atoms with Crippen molar-refractivity contribution in [3.8, 4) is 17.1 Å². The topological polar surface area (TPSA) is 102 Å². The van der Waals surface area contributed by atoms with E-state index in [1.165, 1.54) is 0 Å². The van der Waals surface area contributed by atoms with Crippen molar-refractivity contribution >= 4 is 5.97 Å². The third-order valence-corrected chi connectivity index (χ3v) is 3.64. The number of nitrogens with zero attached hydrogens (tertiary/aromatic N) is 4. The zero-order chi connectivity index (χ0) is 16.8. The van der Waals surface area contributed by atoms with E-state index in [2.05, 4.69) is 10.2 Å². The lowest BCUT2D eigenvalue weighted by molar-refractivity contribution is 0.0577. The number of aryl methyl sites for hydroxylation is 1. The number of aliphatic hydroxyl groups is 1. The summed E-state index contributed by atoms with van der Waals surface area (Å²) < 4.78 is 8.83. The monoisotopic (exact) mass is 320 g/mol. The second kappa shape index (κ2) is 5.38. The van der Waals surface area contributed by atoms with Crippen LogP contribution in [0.15, 0.2) is 12.4 Å². The lowest BCUT2D eigenvalue weighted by Crippen LogP contribution is -2.26. The summed E-state index contributed by atoms with van der Waals surface area (Å²) in [6, 6.07) is 0. The van der Waals surface area contributed by atoms with Gasteiger partial charge in [0, 0.05) is 24.7 Å². The molecule has 124 valence electrons. The van der Waals surface area contributed by atoms with Gasteiger partial charge in [-0.05, 0) is 20.8 Å². The molecule has 23 heavy (non-hydrogen) atoms. The fraction of sp³-hybridized carbons (Fsp3) is 0.533. The first-order valence-corrected chi connectivity index (χ1v) is 7.50. The van der Waals surface area contributed by atoms with Crippen LogP contribution >= 0.6 is 0 Å². The third kappa shape index (κ3) is 3.07. The molecule has 3 heterocycles.